The molecule has 0 aliphatic rings. The molecule has 3 nitrogen and oxygen atoms in total. The van der Waals surface area contributed by atoms with Crippen LogP contribution in [0, 0.1) is 6.92 Å². The summed E-state index contributed by atoms with van der Waals surface area (Å²) in [6.45, 7) is 13.8. The third-order valence-corrected chi connectivity index (χ3v) is 5.65. The van der Waals surface area contributed by atoms with E-state index < -0.39 is 0 Å². The van der Waals surface area contributed by atoms with Crippen LogP contribution in [-0.2, 0) is 4.84 Å². The fraction of sp³-hybridized carbons (Fsp3) is 0.478. The molecule has 1 unspecified atom stereocenters. The van der Waals surface area contributed by atoms with Gasteiger partial charge in [0.15, 0.2) is 0 Å². The molecule has 0 spiro atoms. The van der Waals surface area contributed by atoms with Crippen LogP contribution in [0.4, 0.5) is 5.69 Å². The van der Waals surface area contributed by atoms with Crippen molar-refractivity contribution in [1.82, 2.24) is 0 Å². The molecule has 0 bridgehead atoms. The number of anilines is 1. The Hall–Kier alpha value is -1.36. The molecule has 0 saturated carbocycles. The number of benzene rings is 2. The Morgan fingerprint density at radius 3 is 2.04 bits per heavy atom. The van der Waals surface area contributed by atoms with E-state index in [9.17, 15) is 0 Å². The van der Waals surface area contributed by atoms with Crippen molar-refractivity contribution >= 4 is 5.69 Å². The first-order valence-corrected chi connectivity index (χ1v) is 10.0. The fourth-order valence-corrected chi connectivity index (χ4v) is 3.48. The molecule has 0 aromatic heterocycles. The molecular formula is C23H35BrN2O. The van der Waals surface area contributed by atoms with Gasteiger partial charge in [0, 0.05) is 0 Å². The van der Waals surface area contributed by atoms with Gasteiger partial charge in [0.25, 0.3) is 0 Å². The summed E-state index contributed by atoms with van der Waals surface area (Å²) in [6.07, 6.45) is 2.23. The van der Waals surface area contributed by atoms with Crippen molar-refractivity contribution in [3.05, 3.63) is 65.7 Å². The largest absolute Gasteiger partial charge is 1.00 e. The maximum Gasteiger partial charge on any atom is 0.111 e. The molecule has 2 rings (SSSR count). The number of halogens is 1. The molecule has 2 aromatic carbocycles. The molecule has 0 aliphatic heterocycles. The highest BCUT2D eigenvalue weighted by molar-refractivity contribution is 5.40. The Balaban J connectivity index is 0.00000364. The first-order valence-electron chi connectivity index (χ1n) is 10.0. The monoisotopic (exact) mass is 434 g/mol. The number of hydrogen-bond acceptors (Lipinski definition) is 2. The zero-order valence-corrected chi connectivity index (χ0v) is 18.8. The van der Waals surface area contributed by atoms with E-state index in [-0.39, 0.29) is 23.1 Å². The maximum atomic E-state index is 6.11. The number of rotatable bonds is 11. The molecule has 1 atom stereocenters. The fourth-order valence-electron chi connectivity index (χ4n) is 3.48. The summed E-state index contributed by atoms with van der Waals surface area (Å²) >= 11 is 0. The number of aryl methyl sites for hydroxylation is 1. The highest BCUT2D eigenvalue weighted by Gasteiger charge is 2.22. The van der Waals surface area contributed by atoms with Crippen molar-refractivity contribution in [2.24, 2.45) is 0 Å². The van der Waals surface area contributed by atoms with Gasteiger partial charge < -0.3 is 21.5 Å². The molecule has 0 fully saturated rings. The standard InChI is InChI=1S/C23H35N2O.BrH/c1-5-25(6-2,7-3)19-11-14-23(21-17-15-20(4)16-18-21)26-24-22-12-9-8-10-13-22;/h8-10,12-13,15-18,23-24H,5-7,11,14,19H2,1-4H3;1H/q+1;/p-1. The van der Waals surface area contributed by atoms with Gasteiger partial charge in [-0.05, 0) is 58.2 Å². The Morgan fingerprint density at radius 2 is 1.48 bits per heavy atom. The Bertz CT molecular complexity index is 618. The van der Waals surface area contributed by atoms with Gasteiger partial charge in [-0.1, -0.05) is 48.0 Å². The van der Waals surface area contributed by atoms with Crippen LogP contribution in [0.3, 0.4) is 0 Å². The Morgan fingerprint density at radius 1 is 0.889 bits per heavy atom. The second-order valence-corrected chi connectivity index (χ2v) is 7.14. The van der Waals surface area contributed by atoms with E-state index in [1.807, 2.05) is 30.3 Å². The molecule has 150 valence electrons. The summed E-state index contributed by atoms with van der Waals surface area (Å²) < 4.78 is 1.19. The zero-order valence-electron chi connectivity index (χ0n) is 17.2. The van der Waals surface area contributed by atoms with Gasteiger partial charge in [-0.2, -0.15) is 0 Å². The molecule has 0 aliphatic carbocycles. The first kappa shape index (κ1) is 23.7. The van der Waals surface area contributed by atoms with E-state index in [1.165, 1.54) is 41.8 Å². The quantitative estimate of drug-likeness (QED) is 0.433. The maximum absolute atomic E-state index is 6.11. The topological polar surface area (TPSA) is 21.3 Å². The van der Waals surface area contributed by atoms with Crippen LogP contribution in [0.2, 0.25) is 0 Å². The minimum atomic E-state index is 0. The third-order valence-electron chi connectivity index (χ3n) is 5.65. The number of para-hydroxylation sites is 1. The molecule has 27 heavy (non-hydrogen) atoms. The lowest BCUT2D eigenvalue weighted by Crippen LogP contribution is -3.00. The SMILES string of the molecule is CC[N+](CC)(CC)CCCC(ONc1ccccc1)c1ccc(C)cc1.[Br-]. The van der Waals surface area contributed by atoms with Crippen molar-refractivity contribution in [2.45, 2.75) is 46.6 Å². The number of quaternary nitrogens is 1. The van der Waals surface area contributed by atoms with E-state index in [1.54, 1.807) is 0 Å². The van der Waals surface area contributed by atoms with Crippen LogP contribution in [0.25, 0.3) is 0 Å². The van der Waals surface area contributed by atoms with Crippen LogP contribution >= 0.6 is 0 Å². The van der Waals surface area contributed by atoms with E-state index in [0.29, 0.717) is 0 Å². The summed E-state index contributed by atoms with van der Waals surface area (Å²) in [4.78, 5) is 6.11. The third kappa shape index (κ3) is 7.28. The van der Waals surface area contributed by atoms with Crippen LogP contribution in [0.1, 0.15) is 50.8 Å². The van der Waals surface area contributed by atoms with Crippen LogP contribution in [0.5, 0.6) is 0 Å². The van der Waals surface area contributed by atoms with E-state index in [0.717, 1.165) is 18.5 Å². The molecule has 4 heteroatoms. The molecular weight excluding hydrogens is 400 g/mol. The second kappa shape index (κ2) is 12.2. The highest BCUT2D eigenvalue weighted by Crippen LogP contribution is 2.25. The number of hydrogen-bond donors (Lipinski definition) is 1. The van der Waals surface area contributed by atoms with Crippen LogP contribution in [0.15, 0.2) is 54.6 Å². The molecule has 2 aromatic rings. The van der Waals surface area contributed by atoms with Crippen molar-refractivity contribution in [3.63, 3.8) is 0 Å². The van der Waals surface area contributed by atoms with Crippen molar-refractivity contribution in [3.8, 4) is 0 Å². The average molecular weight is 435 g/mol. The minimum Gasteiger partial charge on any atom is -1.00 e. The van der Waals surface area contributed by atoms with Gasteiger partial charge in [-0.15, -0.1) is 0 Å². The normalized spacial score (nSPS) is 12.3. The summed E-state index contributed by atoms with van der Waals surface area (Å²) in [5.74, 6) is 0. The van der Waals surface area contributed by atoms with E-state index in [4.69, 9.17) is 4.84 Å². The number of nitrogens with zero attached hydrogens (tertiary/aromatic N) is 1. The molecule has 0 radical (unpaired) electrons. The Labute approximate surface area is 176 Å². The van der Waals surface area contributed by atoms with Crippen molar-refractivity contribution < 1.29 is 26.3 Å². The van der Waals surface area contributed by atoms with Crippen molar-refractivity contribution in [1.29, 1.82) is 0 Å². The smallest absolute Gasteiger partial charge is 0.111 e. The van der Waals surface area contributed by atoms with Crippen LogP contribution in [-0.4, -0.2) is 30.7 Å². The minimum absolute atomic E-state index is 0. The van der Waals surface area contributed by atoms with Gasteiger partial charge in [0.1, 0.15) is 6.10 Å². The van der Waals surface area contributed by atoms with Crippen molar-refractivity contribution in [2.75, 3.05) is 31.7 Å². The van der Waals surface area contributed by atoms with E-state index >= 15 is 0 Å². The van der Waals surface area contributed by atoms with Crippen LogP contribution < -0.4 is 22.5 Å². The lowest BCUT2D eigenvalue weighted by atomic mass is 10.0. The van der Waals surface area contributed by atoms with Gasteiger partial charge in [0.05, 0.1) is 31.9 Å². The lowest BCUT2D eigenvalue weighted by molar-refractivity contribution is -0.923. The number of nitrogens with one attached hydrogen (secondary N) is 1. The first-order chi connectivity index (χ1) is 12.6. The highest BCUT2D eigenvalue weighted by atomic mass is 79.9. The van der Waals surface area contributed by atoms with E-state index in [2.05, 4.69) is 57.4 Å². The summed E-state index contributed by atoms with van der Waals surface area (Å²) in [6, 6.07) is 18.8. The predicted octanol–water partition coefficient (Wildman–Crippen LogP) is 2.74. The predicted molar refractivity (Wildman–Crippen MR) is 111 cm³/mol. The molecule has 0 saturated heterocycles. The molecule has 1 N–H and O–H groups in total. The van der Waals surface area contributed by atoms with Gasteiger partial charge in [0.2, 0.25) is 0 Å². The zero-order chi connectivity index (χ0) is 18.8. The van der Waals surface area contributed by atoms with Gasteiger partial charge in [-0.25, -0.2) is 0 Å². The summed E-state index contributed by atoms with van der Waals surface area (Å²) in [5, 5.41) is 0. The lowest BCUT2D eigenvalue weighted by Gasteiger charge is -2.36. The second-order valence-electron chi connectivity index (χ2n) is 7.14. The summed E-state index contributed by atoms with van der Waals surface area (Å²) in [7, 11) is 0. The van der Waals surface area contributed by atoms with Gasteiger partial charge in [-0.3, -0.25) is 10.3 Å². The average Bonchev–Trinajstić information content (AvgIpc) is 2.70. The van der Waals surface area contributed by atoms with Gasteiger partial charge >= 0.3 is 0 Å². The Kier molecular flexibility index (Phi) is 10.7. The summed E-state index contributed by atoms with van der Waals surface area (Å²) in [5.41, 5.74) is 6.65. The molecule has 0 heterocycles. The molecule has 0 amide bonds.